The lowest BCUT2D eigenvalue weighted by Crippen LogP contribution is -2.46. The van der Waals surface area contributed by atoms with Gasteiger partial charge in [-0.25, -0.2) is 4.98 Å². The number of imidazole rings is 1. The second-order valence-corrected chi connectivity index (χ2v) is 6.80. The SMILES string of the molecule is O=C(N[C@H]1CCc2nccn2C1)[C@@H](c1ccccc1)N1CCCC1. The molecule has 0 saturated carbocycles. The van der Waals surface area contributed by atoms with Crippen molar-refractivity contribution in [3.05, 3.63) is 54.1 Å². The van der Waals surface area contributed by atoms with Crippen molar-refractivity contribution in [1.82, 2.24) is 19.8 Å². The van der Waals surface area contributed by atoms with Gasteiger partial charge in [-0.2, -0.15) is 0 Å². The Hall–Kier alpha value is -2.14. The van der Waals surface area contributed by atoms with E-state index in [1.807, 2.05) is 30.6 Å². The van der Waals surface area contributed by atoms with Crippen LogP contribution in [0.3, 0.4) is 0 Å². The van der Waals surface area contributed by atoms with Crippen LogP contribution in [-0.4, -0.2) is 39.5 Å². The first kappa shape index (κ1) is 15.4. The first-order valence-corrected chi connectivity index (χ1v) is 8.90. The molecule has 2 aliphatic heterocycles. The Labute approximate surface area is 142 Å². The van der Waals surface area contributed by atoms with Gasteiger partial charge in [0.15, 0.2) is 0 Å². The van der Waals surface area contributed by atoms with Crippen molar-refractivity contribution in [3.63, 3.8) is 0 Å². The number of likely N-dealkylation sites (tertiary alicyclic amines) is 1. The molecule has 0 spiro atoms. The molecule has 1 fully saturated rings. The largest absolute Gasteiger partial charge is 0.350 e. The van der Waals surface area contributed by atoms with Crippen molar-refractivity contribution in [1.29, 1.82) is 0 Å². The van der Waals surface area contributed by atoms with Gasteiger partial charge in [0.25, 0.3) is 0 Å². The summed E-state index contributed by atoms with van der Waals surface area (Å²) in [5.41, 5.74) is 1.09. The van der Waals surface area contributed by atoms with E-state index >= 15 is 0 Å². The lowest BCUT2D eigenvalue weighted by Gasteiger charge is -2.31. The molecule has 1 aromatic heterocycles. The number of hydrogen-bond acceptors (Lipinski definition) is 3. The Morgan fingerprint density at radius 3 is 2.79 bits per heavy atom. The number of nitrogens with one attached hydrogen (secondary N) is 1. The second kappa shape index (κ2) is 6.77. The molecule has 2 aliphatic rings. The summed E-state index contributed by atoms with van der Waals surface area (Å²) in [6, 6.07) is 10.2. The standard InChI is InChI=1S/C19H24N4O/c24-19(21-16-8-9-17-20-10-13-23(17)14-16)18(22-11-4-5-12-22)15-6-2-1-3-7-15/h1-3,6-7,10,13,16,18H,4-5,8-9,11-12,14H2,(H,21,24)/t16-,18+/m0/s1. The number of carbonyl (C=O) groups is 1. The Bertz CT molecular complexity index is 690. The van der Waals surface area contributed by atoms with Crippen molar-refractivity contribution in [2.75, 3.05) is 13.1 Å². The van der Waals surface area contributed by atoms with Gasteiger partial charge in [0.1, 0.15) is 11.9 Å². The van der Waals surface area contributed by atoms with E-state index in [9.17, 15) is 4.79 Å². The van der Waals surface area contributed by atoms with Crippen LogP contribution in [0.25, 0.3) is 0 Å². The van der Waals surface area contributed by atoms with Crippen LogP contribution in [0.4, 0.5) is 0 Å². The zero-order valence-corrected chi connectivity index (χ0v) is 13.9. The molecule has 0 radical (unpaired) electrons. The molecule has 4 rings (SSSR count). The van der Waals surface area contributed by atoms with E-state index in [0.29, 0.717) is 0 Å². The van der Waals surface area contributed by atoms with Gasteiger partial charge in [-0.05, 0) is 37.9 Å². The van der Waals surface area contributed by atoms with E-state index in [-0.39, 0.29) is 18.0 Å². The molecule has 2 aromatic rings. The maximum atomic E-state index is 13.1. The minimum Gasteiger partial charge on any atom is -0.350 e. The quantitative estimate of drug-likeness (QED) is 0.937. The first-order valence-electron chi connectivity index (χ1n) is 8.90. The predicted molar refractivity (Wildman–Crippen MR) is 92.5 cm³/mol. The smallest absolute Gasteiger partial charge is 0.242 e. The fourth-order valence-corrected chi connectivity index (χ4v) is 3.93. The third-order valence-electron chi connectivity index (χ3n) is 5.15. The van der Waals surface area contributed by atoms with Crippen molar-refractivity contribution in [3.8, 4) is 0 Å². The number of rotatable bonds is 4. The minimum atomic E-state index is -0.169. The summed E-state index contributed by atoms with van der Waals surface area (Å²) in [4.78, 5) is 19.7. The molecular weight excluding hydrogens is 300 g/mol. The number of aromatic nitrogens is 2. The van der Waals surface area contributed by atoms with Crippen LogP contribution in [-0.2, 0) is 17.8 Å². The van der Waals surface area contributed by atoms with E-state index in [1.165, 1.54) is 12.8 Å². The Morgan fingerprint density at radius 2 is 2.00 bits per heavy atom. The lowest BCUT2D eigenvalue weighted by molar-refractivity contribution is -0.127. The summed E-state index contributed by atoms with van der Waals surface area (Å²) in [7, 11) is 0. The van der Waals surface area contributed by atoms with Crippen LogP contribution in [0.5, 0.6) is 0 Å². The van der Waals surface area contributed by atoms with Gasteiger partial charge in [0.2, 0.25) is 5.91 Å². The Kier molecular flexibility index (Phi) is 4.34. The lowest BCUT2D eigenvalue weighted by atomic mass is 10.0. The molecule has 5 nitrogen and oxygen atoms in total. The summed E-state index contributed by atoms with van der Waals surface area (Å²) in [6.07, 6.45) is 8.10. The third kappa shape index (κ3) is 3.08. The number of aryl methyl sites for hydroxylation is 1. The van der Waals surface area contributed by atoms with Gasteiger partial charge in [-0.15, -0.1) is 0 Å². The first-order chi connectivity index (χ1) is 11.8. The number of fused-ring (bicyclic) bond motifs is 1. The Morgan fingerprint density at radius 1 is 1.21 bits per heavy atom. The normalized spacial score (nSPS) is 22.1. The topological polar surface area (TPSA) is 50.2 Å². The number of hydrogen-bond donors (Lipinski definition) is 1. The van der Waals surface area contributed by atoms with E-state index in [4.69, 9.17) is 0 Å². The van der Waals surface area contributed by atoms with Gasteiger partial charge in [0.05, 0.1) is 0 Å². The molecule has 2 atom stereocenters. The van der Waals surface area contributed by atoms with E-state index in [0.717, 1.165) is 43.9 Å². The van der Waals surface area contributed by atoms with Gasteiger partial charge in [-0.1, -0.05) is 30.3 Å². The molecule has 1 N–H and O–H groups in total. The molecule has 1 aromatic carbocycles. The van der Waals surface area contributed by atoms with Crippen LogP contribution in [0.2, 0.25) is 0 Å². The molecule has 0 aliphatic carbocycles. The maximum absolute atomic E-state index is 13.1. The molecule has 0 unspecified atom stereocenters. The monoisotopic (exact) mass is 324 g/mol. The van der Waals surface area contributed by atoms with Gasteiger partial charge < -0.3 is 9.88 Å². The number of nitrogens with zero attached hydrogens (tertiary/aromatic N) is 3. The fourth-order valence-electron chi connectivity index (χ4n) is 3.93. The summed E-state index contributed by atoms with van der Waals surface area (Å²) in [5, 5.41) is 3.30. The van der Waals surface area contributed by atoms with Crippen LogP contribution in [0, 0.1) is 0 Å². The average molecular weight is 324 g/mol. The van der Waals surface area contributed by atoms with Gasteiger partial charge in [-0.3, -0.25) is 9.69 Å². The van der Waals surface area contributed by atoms with Crippen molar-refractivity contribution >= 4 is 5.91 Å². The number of amides is 1. The van der Waals surface area contributed by atoms with Crippen LogP contribution in [0.15, 0.2) is 42.7 Å². The van der Waals surface area contributed by atoms with Crippen LogP contribution >= 0.6 is 0 Å². The van der Waals surface area contributed by atoms with Gasteiger partial charge >= 0.3 is 0 Å². The van der Waals surface area contributed by atoms with Crippen molar-refractivity contribution in [2.24, 2.45) is 0 Å². The van der Waals surface area contributed by atoms with E-state index < -0.39 is 0 Å². The highest BCUT2D eigenvalue weighted by Gasteiger charge is 2.31. The Balaban J connectivity index is 1.49. The number of benzene rings is 1. The zero-order valence-electron chi connectivity index (χ0n) is 13.9. The van der Waals surface area contributed by atoms with Crippen molar-refractivity contribution < 1.29 is 4.79 Å². The van der Waals surface area contributed by atoms with Gasteiger partial charge in [0, 0.05) is 31.4 Å². The fraction of sp³-hybridized carbons (Fsp3) is 0.474. The highest BCUT2D eigenvalue weighted by molar-refractivity contribution is 5.83. The van der Waals surface area contributed by atoms with Crippen LogP contribution in [0.1, 0.15) is 36.7 Å². The number of carbonyl (C=O) groups excluding carboxylic acids is 1. The summed E-state index contributed by atoms with van der Waals surface area (Å²) >= 11 is 0. The van der Waals surface area contributed by atoms with Crippen molar-refractivity contribution in [2.45, 2.75) is 44.3 Å². The molecular formula is C19H24N4O. The third-order valence-corrected chi connectivity index (χ3v) is 5.15. The second-order valence-electron chi connectivity index (χ2n) is 6.80. The molecule has 1 amide bonds. The molecule has 1 saturated heterocycles. The minimum absolute atomic E-state index is 0.136. The highest BCUT2D eigenvalue weighted by atomic mass is 16.2. The summed E-state index contributed by atoms with van der Waals surface area (Å²) in [6.45, 7) is 2.83. The van der Waals surface area contributed by atoms with E-state index in [1.54, 1.807) is 0 Å². The molecule has 126 valence electrons. The maximum Gasteiger partial charge on any atom is 0.242 e. The molecule has 0 bridgehead atoms. The predicted octanol–water partition coefficient (Wildman–Crippen LogP) is 2.15. The summed E-state index contributed by atoms with van der Waals surface area (Å²) in [5.74, 6) is 1.26. The molecule has 24 heavy (non-hydrogen) atoms. The highest BCUT2D eigenvalue weighted by Crippen LogP contribution is 2.26. The van der Waals surface area contributed by atoms with E-state index in [2.05, 4.69) is 31.9 Å². The van der Waals surface area contributed by atoms with Crippen LogP contribution < -0.4 is 5.32 Å². The average Bonchev–Trinajstić information content (AvgIpc) is 3.27. The zero-order chi connectivity index (χ0) is 16.4. The molecule has 5 heteroatoms. The summed E-state index contributed by atoms with van der Waals surface area (Å²) < 4.78 is 2.15. The molecule has 3 heterocycles.